The van der Waals surface area contributed by atoms with E-state index < -0.39 is 12.1 Å². The average molecular weight is 452 g/mol. The van der Waals surface area contributed by atoms with Crippen LogP contribution in [0, 0.1) is 0 Å². The Labute approximate surface area is 192 Å². The Kier molecular flexibility index (Phi) is 7.10. The van der Waals surface area contributed by atoms with E-state index in [9.17, 15) is 15.0 Å². The van der Waals surface area contributed by atoms with Gasteiger partial charge in [0.15, 0.2) is 0 Å². The number of aliphatic hydroxyl groups is 1. The monoisotopic (exact) mass is 451 g/mol. The molecule has 0 spiro atoms. The lowest BCUT2D eigenvalue weighted by Gasteiger charge is -2.20. The maximum absolute atomic E-state index is 11.2. The zero-order valence-corrected chi connectivity index (χ0v) is 18.4. The van der Waals surface area contributed by atoms with E-state index in [0.717, 1.165) is 31.2 Å². The highest BCUT2D eigenvalue weighted by Crippen LogP contribution is 2.29. The second kappa shape index (κ2) is 10.2. The number of hydrogen-bond acceptors (Lipinski definition) is 4. The van der Waals surface area contributed by atoms with Gasteiger partial charge in [-0.05, 0) is 84.8 Å². The summed E-state index contributed by atoms with van der Waals surface area (Å²) >= 11 is 6.04. The zero-order chi connectivity index (χ0) is 22.5. The number of aliphatic hydroxyl groups excluding tert-OH is 1. The van der Waals surface area contributed by atoms with Crippen LogP contribution in [0.3, 0.4) is 0 Å². The first-order chi connectivity index (χ1) is 15.5. The summed E-state index contributed by atoms with van der Waals surface area (Å²) in [7, 11) is 0. The highest BCUT2D eigenvalue weighted by atomic mass is 35.5. The number of ether oxygens (including phenoxy) is 1. The molecule has 4 rings (SSSR count). The van der Waals surface area contributed by atoms with Gasteiger partial charge in [-0.2, -0.15) is 0 Å². The molecule has 0 bridgehead atoms. The Bertz CT molecular complexity index is 1100. The summed E-state index contributed by atoms with van der Waals surface area (Å²) in [6.07, 6.45) is 3.31. The number of rotatable bonds is 7. The summed E-state index contributed by atoms with van der Waals surface area (Å²) in [5.41, 5.74) is 3.51. The predicted octanol–water partition coefficient (Wildman–Crippen LogP) is 5.40. The summed E-state index contributed by atoms with van der Waals surface area (Å²) in [6.45, 7) is 0.457. The third-order valence-electron chi connectivity index (χ3n) is 5.79. The number of hydrogen-bond donors (Lipinski definition) is 3. The smallest absolute Gasteiger partial charge is 0.335 e. The minimum absolute atomic E-state index is 0.194. The van der Waals surface area contributed by atoms with Crippen molar-refractivity contribution < 1.29 is 19.7 Å². The van der Waals surface area contributed by atoms with E-state index in [0.29, 0.717) is 23.1 Å². The van der Waals surface area contributed by atoms with Crippen molar-refractivity contribution in [2.75, 3.05) is 6.54 Å². The Morgan fingerprint density at radius 1 is 1.06 bits per heavy atom. The number of carboxylic acid groups (broad SMARTS) is 1. The van der Waals surface area contributed by atoms with Crippen molar-refractivity contribution in [3.63, 3.8) is 0 Å². The molecule has 3 N–H and O–H groups in total. The fraction of sp³-hybridized carbons (Fsp3) is 0.269. The van der Waals surface area contributed by atoms with E-state index in [4.69, 9.17) is 16.3 Å². The van der Waals surface area contributed by atoms with Crippen molar-refractivity contribution in [2.24, 2.45) is 0 Å². The van der Waals surface area contributed by atoms with Crippen LogP contribution in [0.1, 0.15) is 46.0 Å². The molecule has 5 nitrogen and oxygen atoms in total. The third-order valence-corrected chi connectivity index (χ3v) is 6.03. The Hall–Kier alpha value is -2.86. The third kappa shape index (κ3) is 5.68. The van der Waals surface area contributed by atoms with Gasteiger partial charge in [0.05, 0.1) is 11.7 Å². The van der Waals surface area contributed by atoms with Crippen molar-refractivity contribution in [1.29, 1.82) is 0 Å². The van der Waals surface area contributed by atoms with Crippen LogP contribution in [0.2, 0.25) is 5.02 Å². The number of aryl methyl sites for hydroxylation is 1. The van der Waals surface area contributed by atoms with Gasteiger partial charge in [0.1, 0.15) is 11.5 Å². The molecule has 0 saturated heterocycles. The van der Waals surface area contributed by atoms with E-state index in [1.54, 1.807) is 30.3 Å². The number of fused-ring (bicyclic) bond motifs is 1. The maximum atomic E-state index is 11.2. The van der Waals surface area contributed by atoms with Crippen molar-refractivity contribution >= 4 is 17.6 Å². The van der Waals surface area contributed by atoms with Crippen LogP contribution in [-0.2, 0) is 12.8 Å². The molecule has 3 aromatic carbocycles. The zero-order valence-electron chi connectivity index (χ0n) is 17.6. The van der Waals surface area contributed by atoms with E-state index in [2.05, 4.69) is 11.4 Å². The number of carboxylic acids is 1. The minimum Gasteiger partial charge on any atom is -0.478 e. The first-order valence-corrected chi connectivity index (χ1v) is 11.2. The van der Waals surface area contributed by atoms with Crippen LogP contribution in [0.15, 0.2) is 66.7 Å². The first kappa shape index (κ1) is 22.3. The summed E-state index contributed by atoms with van der Waals surface area (Å²) in [6, 6.07) is 20.1. The molecule has 1 aliphatic carbocycles. The van der Waals surface area contributed by atoms with Gasteiger partial charge in [0.2, 0.25) is 0 Å². The molecule has 0 radical (unpaired) electrons. The van der Waals surface area contributed by atoms with Crippen molar-refractivity contribution in [1.82, 2.24) is 5.32 Å². The lowest BCUT2D eigenvalue weighted by molar-refractivity contribution is 0.0696. The van der Waals surface area contributed by atoms with Crippen LogP contribution >= 0.6 is 11.6 Å². The molecule has 166 valence electrons. The molecule has 32 heavy (non-hydrogen) atoms. The summed E-state index contributed by atoms with van der Waals surface area (Å²) in [4.78, 5) is 11.2. The molecule has 1 aliphatic rings. The molecule has 6 heteroatoms. The Morgan fingerprint density at radius 3 is 2.69 bits per heavy atom. The van der Waals surface area contributed by atoms with Gasteiger partial charge in [0.25, 0.3) is 0 Å². The van der Waals surface area contributed by atoms with Crippen molar-refractivity contribution in [3.05, 3.63) is 94.0 Å². The average Bonchev–Trinajstić information content (AvgIpc) is 2.99. The second-order valence-corrected chi connectivity index (χ2v) is 8.57. The van der Waals surface area contributed by atoms with Crippen LogP contribution in [0.4, 0.5) is 0 Å². The lowest BCUT2D eigenvalue weighted by atomic mass is 10.0. The fourth-order valence-electron chi connectivity index (χ4n) is 4.12. The van der Waals surface area contributed by atoms with Crippen molar-refractivity contribution in [2.45, 2.75) is 37.8 Å². The molecule has 0 unspecified atom stereocenters. The van der Waals surface area contributed by atoms with Crippen LogP contribution in [-0.4, -0.2) is 28.8 Å². The maximum Gasteiger partial charge on any atom is 0.335 e. The number of halogens is 1. The first-order valence-electron chi connectivity index (χ1n) is 10.8. The minimum atomic E-state index is -0.980. The van der Waals surface area contributed by atoms with Crippen LogP contribution in [0.5, 0.6) is 11.5 Å². The number of benzene rings is 3. The lowest BCUT2D eigenvalue weighted by Crippen LogP contribution is -2.34. The second-order valence-electron chi connectivity index (χ2n) is 8.14. The summed E-state index contributed by atoms with van der Waals surface area (Å²) < 4.78 is 5.94. The summed E-state index contributed by atoms with van der Waals surface area (Å²) in [5, 5.41) is 23.8. The Balaban J connectivity index is 1.42. The van der Waals surface area contributed by atoms with Crippen LogP contribution < -0.4 is 10.1 Å². The quantitative estimate of drug-likeness (QED) is 0.419. The highest BCUT2D eigenvalue weighted by Gasteiger charge is 2.19. The van der Waals surface area contributed by atoms with E-state index in [-0.39, 0.29) is 11.6 Å². The molecule has 0 aliphatic heterocycles. The molecule has 0 heterocycles. The summed E-state index contributed by atoms with van der Waals surface area (Å²) in [5.74, 6) is 0.204. The van der Waals surface area contributed by atoms with Gasteiger partial charge in [0, 0.05) is 17.6 Å². The standard InChI is InChI=1S/C26H26ClNO4/c27-21-7-1-5-18(12-21)25(29)16-28-22-8-2-4-17-10-11-24(15-20(17)13-22)32-23-9-3-6-19(14-23)26(30)31/h1,3,5-7,9-12,14-15,22,25,28-29H,2,4,8,13,16H2,(H,30,31)/t22-,25-/m0/s1. The molecule has 0 aromatic heterocycles. The number of carbonyl (C=O) groups is 1. The van der Waals surface area contributed by atoms with Gasteiger partial charge in [-0.3, -0.25) is 0 Å². The Morgan fingerprint density at radius 2 is 1.88 bits per heavy atom. The van der Waals surface area contributed by atoms with E-state index >= 15 is 0 Å². The van der Waals surface area contributed by atoms with Gasteiger partial charge >= 0.3 is 5.97 Å². The van der Waals surface area contributed by atoms with Gasteiger partial charge < -0.3 is 20.3 Å². The van der Waals surface area contributed by atoms with Crippen molar-refractivity contribution in [3.8, 4) is 11.5 Å². The number of nitrogens with one attached hydrogen (secondary N) is 1. The highest BCUT2D eigenvalue weighted by molar-refractivity contribution is 6.30. The number of aromatic carboxylic acids is 1. The molecular weight excluding hydrogens is 426 g/mol. The van der Waals surface area contributed by atoms with Gasteiger partial charge in [-0.15, -0.1) is 0 Å². The fourth-order valence-corrected chi connectivity index (χ4v) is 4.32. The largest absolute Gasteiger partial charge is 0.478 e. The molecule has 0 fully saturated rings. The van der Waals surface area contributed by atoms with E-state index in [1.165, 1.54) is 17.2 Å². The molecule has 0 amide bonds. The molecular formula is C26H26ClNO4. The topological polar surface area (TPSA) is 78.8 Å². The van der Waals surface area contributed by atoms with Gasteiger partial charge in [-0.25, -0.2) is 4.79 Å². The van der Waals surface area contributed by atoms with Crippen LogP contribution in [0.25, 0.3) is 0 Å². The predicted molar refractivity (Wildman–Crippen MR) is 125 cm³/mol. The van der Waals surface area contributed by atoms with E-state index in [1.807, 2.05) is 24.3 Å². The molecule has 2 atom stereocenters. The van der Waals surface area contributed by atoms with Gasteiger partial charge in [-0.1, -0.05) is 35.9 Å². The molecule has 0 saturated carbocycles. The molecule has 3 aromatic rings. The SMILES string of the molecule is O=C(O)c1cccc(Oc2ccc3c(c2)C[C@@H](NC[C@H](O)c2cccc(Cl)c2)CCC3)c1. The normalized spacial score (nSPS) is 16.6.